The van der Waals surface area contributed by atoms with E-state index in [1.165, 1.54) is 23.8 Å². The van der Waals surface area contributed by atoms with Crippen LogP contribution in [0.4, 0.5) is 5.69 Å². The van der Waals surface area contributed by atoms with E-state index in [4.69, 9.17) is 32.7 Å². The van der Waals surface area contributed by atoms with Crippen molar-refractivity contribution in [3.05, 3.63) is 56.6 Å². The van der Waals surface area contributed by atoms with E-state index in [-0.39, 0.29) is 22.9 Å². The molecule has 0 saturated carbocycles. The Morgan fingerprint density at radius 1 is 1.08 bits per heavy atom. The lowest BCUT2D eigenvalue weighted by Crippen LogP contribution is -2.12. The van der Waals surface area contributed by atoms with Gasteiger partial charge in [0, 0.05) is 12.2 Å². The summed E-state index contributed by atoms with van der Waals surface area (Å²) in [6.07, 6.45) is 0.665. The molecule has 140 valence electrons. The number of nitrogens with one attached hydrogen (secondary N) is 1. The van der Waals surface area contributed by atoms with Gasteiger partial charge in [0.05, 0.1) is 23.8 Å². The molecule has 0 unspecified atom stereocenters. The third-order valence-corrected chi connectivity index (χ3v) is 4.89. The van der Waals surface area contributed by atoms with Gasteiger partial charge in [-0.2, -0.15) is 0 Å². The summed E-state index contributed by atoms with van der Waals surface area (Å²) >= 11 is 12.1. The third-order valence-electron chi connectivity index (χ3n) is 4.28. The Morgan fingerprint density at radius 2 is 1.69 bits per heavy atom. The number of esters is 1. The molecule has 0 spiro atoms. The van der Waals surface area contributed by atoms with E-state index in [2.05, 4.69) is 38.2 Å². The Bertz CT molecular complexity index is 783. The molecule has 0 aliphatic heterocycles. The largest absolute Gasteiger partial charge is 0.494 e. The van der Waals surface area contributed by atoms with E-state index in [0.717, 1.165) is 5.69 Å². The number of hydrogen-bond donors (Lipinski definition) is 1. The fraction of sp³-hybridized carbons (Fsp3) is 0.350. The van der Waals surface area contributed by atoms with Gasteiger partial charge in [0.25, 0.3) is 0 Å². The molecule has 2 rings (SSSR count). The zero-order chi connectivity index (χ0) is 19.3. The highest BCUT2D eigenvalue weighted by Crippen LogP contribution is 2.34. The van der Waals surface area contributed by atoms with Crippen molar-refractivity contribution in [1.82, 2.24) is 0 Å². The summed E-state index contributed by atoms with van der Waals surface area (Å²) in [5, 5.41) is 3.91. The molecule has 6 heteroatoms. The van der Waals surface area contributed by atoms with Crippen LogP contribution in [0.3, 0.4) is 0 Å². The van der Waals surface area contributed by atoms with Crippen molar-refractivity contribution in [2.45, 2.75) is 27.2 Å². The van der Waals surface area contributed by atoms with Gasteiger partial charge in [-0.3, -0.25) is 0 Å². The number of halogens is 2. The summed E-state index contributed by atoms with van der Waals surface area (Å²) in [6, 6.07) is 7.36. The minimum absolute atomic E-state index is 0.152. The summed E-state index contributed by atoms with van der Waals surface area (Å²) in [5.41, 5.74) is 5.02. The van der Waals surface area contributed by atoms with Crippen molar-refractivity contribution in [2.24, 2.45) is 0 Å². The van der Waals surface area contributed by atoms with Crippen LogP contribution < -0.4 is 10.1 Å². The number of carbonyl (C=O) groups is 1. The van der Waals surface area contributed by atoms with Crippen molar-refractivity contribution < 1.29 is 14.3 Å². The monoisotopic (exact) mass is 395 g/mol. The van der Waals surface area contributed by atoms with Gasteiger partial charge in [0.2, 0.25) is 0 Å². The predicted octanol–water partition coefficient (Wildman–Crippen LogP) is 5.59. The lowest BCUT2D eigenvalue weighted by atomic mass is 10.0. The molecule has 0 aromatic heterocycles. The maximum atomic E-state index is 12.3. The van der Waals surface area contributed by atoms with E-state index in [0.29, 0.717) is 18.0 Å². The number of hydrogen-bond acceptors (Lipinski definition) is 4. The normalized spacial score (nSPS) is 10.5. The second kappa shape index (κ2) is 9.15. The highest BCUT2D eigenvalue weighted by molar-refractivity contribution is 6.37. The van der Waals surface area contributed by atoms with E-state index >= 15 is 0 Å². The molecule has 1 N–H and O–H groups in total. The van der Waals surface area contributed by atoms with Crippen LogP contribution in [0, 0.1) is 20.8 Å². The average Bonchev–Trinajstić information content (AvgIpc) is 2.60. The number of rotatable bonds is 7. The van der Waals surface area contributed by atoms with Gasteiger partial charge in [-0.25, -0.2) is 4.79 Å². The van der Waals surface area contributed by atoms with Gasteiger partial charge in [-0.1, -0.05) is 23.2 Å². The van der Waals surface area contributed by atoms with E-state index in [9.17, 15) is 4.79 Å². The van der Waals surface area contributed by atoms with E-state index in [1.54, 1.807) is 12.1 Å². The topological polar surface area (TPSA) is 47.6 Å². The minimum atomic E-state index is -0.545. The average molecular weight is 396 g/mol. The number of carbonyl (C=O) groups excluding carboxylic acids is 1. The zero-order valence-corrected chi connectivity index (χ0v) is 16.9. The molecule has 2 aromatic carbocycles. The van der Waals surface area contributed by atoms with Gasteiger partial charge >= 0.3 is 5.97 Å². The maximum absolute atomic E-state index is 12.3. The summed E-state index contributed by atoms with van der Waals surface area (Å²) in [4.78, 5) is 12.3. The number of aryl methyl sites for hydroxylation is 2. The molecule has 0 saturated heterocycles. The lowest BCUT2D eigenvalue weighted by molar-refractivity contribution is 0.0500. The Morgan fingerprint density at radius 3 is 2.31 bits per heavy atom. The molecule has 4 nitrogen and oxygen atoms in total. The molecule has 0 bridgehead atoms. The Kier molecular flexibility index (Phi) is 7.18. The zero-order valence-electron chi connectivity index (χ0n) is 15.4. The number of methoxy groups -OCH3 is 1. The summed E-state index contributed by atoms with van der Waals surface area (Å²) in [7, 11) is 1.43. The summed E-state index contributed by atoms with van der Waals surface area (Å²) in [5.74, 6) is -0.315. The molecule has 2 aromatic rings. The number of benzene rings is 2. The van der Waals surface area contributed by atoms with Crippen LogP contribution in [-0.2, 0) is 4.74 Å². The number of ether oxygens (including phenoxy) is 2. The fourth-order valence-electron chi connectivity index (χ4n) is 2.60. The molecular weight excluding hydrogens is 373 g/mol. The van der Waals surface area contributed by atoms with Crippen LogP contribution in [0.5, 0.6) is 5.75 Å². The van der Waals surface area contributed by atoms with Crippen molar-refractivity contribution in [1.29, 1.82) is 0 Å². The summed E-state index contributed by atoms with van der Waals surface area (Å²) in [6.45, 7) is 7.26. The van der Waals surface area contributed by atoms with Crippen LogP contribution in [0.1, 0.15) is 33.5 Å². The Labute approximate surface area is 164 Å². The predicted molar refractivity (Wildman–Crippen MR) is 107 cm³/mol. The lowest BCUT2D eigenvalue weighted by Gasteiger charge is -2.13. The van der Waals surface area contributed by atoms with Gasteiger partial charge in [0.1, 0.15) is 5.56 Å². The van der Waals surface area contributed by atoms with Crippen LogP contribution in [0.2, 0.25) is 10.0 Å². The fourth-order valence-corrected chi connectivity index (χ4v) is 3.06. The van der Waals surface area contributed by atoms with Crippen LogP contribution in [-0.4, -0.2) is 26.2 Å². The van der Waals surface area contributed by atoms with Gasteiger partial charge < -0.3 is 14.8 Å². The molecule has 0 fully saturated rings. The molecule has 26 heavy (non-hydrogen) atoms. The minimum Gasteiger partial charge on any atom is -0.494 e. The number of anilines is 1. The summed E-state index contributed by atoms with van der Waals surface area (Å²) < 4.78 is 10.5. The van der Waals surface area contributed by atoms with Crippen molar-refractivity contribution in [3.8, 4) is 5.75 Å². The molecule has 0 amide bonds. The highest BCUT2D eigenvalue weighted by Gasteiger charge is 2.20. The second-order valence-corrected chi connectivity index (χ2v) is 6.90. The van der Waals surface area contributed by atoms with Crippen LogP contribution >= 0.6 is 23.2 Å². The quantitative estimate of drug-likeness (QED) is 0.490. The smallest absolute Gasteiger partial charge is 0.343 e. The third kappa shape index (κ3) is 4.83. The van der Waals surface area contributed by atoms with Gasteiger partial charge in [-0.15, -0.1) is 0 Å². The standard InChI is InChI=1S/C20H23Cl2NO3/c1-12-10-15(11-13(2)14(12)3)23-8-5-9-26-20(24)18-16(21)6-7-17(22)19(18)25-4/h6-7,10-11,23H,5,8-9H2,1-4H3. The van der Waals surface area contributed by atoms with Crippen LogP contribution in [0.25, 0.3) is 0 Å². The molecular formula is C20H23Cl2NO3. The molecule has 0 aliphatic rings. The van der Waals surface area contributed by atoms with Crippen LogP contribution in [0.15, 0.2) is 24.3 Å². The van der Waals surface area contributed by atoms with E-state index in [1.807, 2.05) is 0 Å². The van der Waals surface area contributed by atoms with Gasteiger partial charge in [-0.05, 0) is 68.1 Å². The molecule has 0 heterocycles. The van der Waals surface area contributed by atoms with Crippen molar-refractivity contribution >= 4 is 34.9 Å². The molecule has 0 radical (unpaired) electrons. The second-order valence-electron chi connectivity index (χ2n) is 6.09. The van der Waals surface area contributed by atoms with E-state index < -0.39 is 5.97 Å². The Hall–Kier alpha value is -1.91. The maximum Gasteiger partial charge on any atom is 0.343 e. The SMILES string of the molecule is COc1c(Cl)ccc(Cl)c1C(=O)OCCCNc1cc(C)c(C)c(C)c1. The first-order chi connectivity index (χ1) is 12.3. The highest BCUT2D eigenvalue weighted by atomic mass is 35.5. The first-order valence-corrected chi connectivity index (χ1v) is 9.11. The molecule has 0 aliphatic carbocycles. The van der Waals surface area contributed by atoms with Gasteiger partial charge in [0.15, 0.2) is 5.75 Å². The first-order valence-electron chi connectivity index (χ1n) is 8.36. The molecule has 0 atom stereocenters. The van der Waals surface area contributed by atoms with Crippen molar-refractivity contribution in [2.75, 3.05) is 25.6 Å². The first kappa shape index (κ1) is 20.4. The Balaban J connectivity index is 1.87. The van der Waals surface area contributed by atoms with Crippen molar-refractivity contribution in [3.63, 3.8) is 0 Å².